The summed E-state index contributed by atoms with van der Waals surface area (Å²) in [5.41, 5.74) is 3.21. The van der Waals surface area contributed by atoms with Crippen LogP contribution in [0, 0.1) is 0 Å². The predicted octanol–water partition coefficient (Wildman–Crippen LogP) is 3.66. The molecule has 1 aromatic heterocycles. The largest absolute Gasteiger partial charge is 0.481 e. The molecule has 0 saturated carbocycles. The van der Waals surface area contributed by atoms with Crippen molar-refractivity contribution in [2.75, 3.05) is 7.11 Å². The number of rotatable bonds is 7. The quantitative estimate of drug-likeness (QED) is 0.668. The molecule has 0 N–H and O–H groups in total. The van der Waals surface area contributed by atoms with Crippen LogP contribution in [0.1, 0.15) is 16.8 Å². The van der Waals surface area contributed by atoms with Gasteiger partial charge in [0.15, 0.2) is 0 Å². The molecule has 0 saturated heterocycles. The van der Waals surface area contributed by atoms with Crippen molar-refractivity contribution in [2.45, 2.75) is 19.8 Å². The van der Waals surface area contributed by atoms with Gasteiger partial charge in [0.25, 0.3) is 0 Å². The number of aromatic nitrogens is 2. The average Bonchev–Trinajstić information content (AvgIpc) is 2.98. The Kier molecular flexibility index (Phi) is 5.06. The summed E-state index contributed by atoms with van der Waals surface area (Å²) >= 11 is 0. The van der Waals surface area contributed by atoms with Crippen molar-refractivity contribution in [2.24, 2.45) is 0 Å². The topological polar surface area (TPSA) is 36.3 Å². The van der Waals surface area contributed by atoms with Gasteiger partial charge in [-0.25, -0.2) is 4.68 Å². The van der Waals surface area contributed by atoms with E-state index < -0.39 is 0 Å². The predicted molar refractivity (Wildman–Crippen MR) is 89.3 cm³/mol. The van der Waals surface area contributed by atoms with E-state index in [1.807, 2.05) is 47.1 Å². The Balaban J connectivity index is 1.62. The molecule has 0 aliphatic carbocycles. The van der Waals surface area contributed by atoms with Crippen LogP contribution in [-0.4, -0.2) is 16.9 Å². The van der Waals surface area contributed by atoms with Crippen LogP contribution >= 0.6 is 0 Å². The van der Waals surface area contributed by atoms with Gasteiger partial charge in [-0.2, -0.15) is 5.10 Å². The maximum absolute atomic E-state index is 5.74. The Hall–Kier alpha value is -2.59. The highest BCUT2D eigenvalue weighted by Crippen LogP contribution is 2.16. The number of benzene rings is 2. The Bertz CT molecular complexity index is 724. The first-order valence-corrected chi connectivity index (χ1v) is 7.61. The SMILES string of the molecule is COc1cc(COCc2ccccc2)nn1Cc1ccccc1. The zero-order chi connectivity index (χ0) is 15.9. The van der Waals surface area contributed by atoms with Crippen molar-refractivity contribution in [3.8, 4) is 5.88 Å². The monoisotopic (exact) mass is 308 g/mol. The molecule has 1 heterocycles. The fraction of sp³-hybridized carbons (Fsp3) is 0.211. The first kappa shape index (κ1) is 15.3. The van der Waals surface area contributed by atoms with E-state index in [1.54, 1.807) is 7.11 Å². The van der Waals surface area contributed by atoms with Crippen LogP contribution in [0.25, 0.3) is 0 Å². The first-order chi connectivity index (χ1) is 11.3. The van der Waals surface area contributed by atoms with Crippen molar-refractivity contribution in [3.63, 3.8) is 0 Å². The fourth-order valence-electron chi connectivity index (χ4n) is 2.40. The van der Waals surface area contributed by atoms with Crippen molar-refractivity contribution in [1.29, 1.82) is 0 Å². The molecule has 2 aromatic carbocycles. The van der Waals surface area contributed by atoms with Crippen LogP contribution < -0.4 is 4.74 Å². The molecule has 0 spiro atoms. The van der Waals surface area contributed by atoms with Gasteiger partial charge in [0.05, 0.1) is 32.6 Å². The Morgan fingerprint density at radius 1 is 0.870 bits per heavy atom. The molecule has 0 aliphatic rings. The van der Waals surface area contributed by atoms with Gasteiger partial charge >= 0.3 is 0 Å². The second kappa shape index (κ2) is 7.61. The standard InChI is InChI=1S/C19H20N2O2/c1-22-19-12-18(15-23-14-17-10-6-3-7-11-17)20-21(19)13-16-8-4-2-5-9-16/h2-12H,13-15H2,1H3. The van der Waals surface area contributed by atoms with E-state index in [0.717, 1.165) is 17.1 Å². The summed E-state index contributed by atoms with van der Waals surface area (Å²) in [5, 5.41) is 4.57. The lowest BCUT2D eigenvalue weighted by molar-refractivity contribution is 0.104. The molecule has 4 heteroatoms. The molecule has 0 fully saturated rings. The van der Waals surface area contributed by atoms with Crippen molar-refractivity contribution < 1.29 is 9.47 Å². The van der Waals surface area contributed by atoms with Crippen molar-refractivity contribution in [3.05, 3.63) is 83.6 Å². The molecule has 3 aromatic rings. The summed E-state index contributed by atoms with van der Waals surface area (Å²) in [6.45, 7) is 1.73. The second-order valence-electron chi connectivity index (χ2n) is 5.30. The van der Waals surface area contributed by atoms with Crippen LogP contribution in [0.3, 0.4) is 0 Å². The van der Waals surface area contributed by atoms with Gasteiger partial charge in [0.2, 0.25) is 5.88 Å². The van der Waals surface area contributed by atoms with Crippen LogP contribution in [-0.2, 0) is 24.5 Å². The van der Waals surface area contributed by atoms with E-state index in [4.69, 9.17) is 9.47 Å². The molecule has 0 radical (unpaired) electrons. The third kappa shape index (κ3) is 4.20. The minimum absolute atomic E-state index is 0.465. The van der Waals surface area contributed by atoms with E-state index in [-0.39, 0.29) is 0 Å². The zero-order valence-corrected chi connectivity index (χ0v) is 13.2. The summed E-state index contributed by atoms with van der Waals surface area (Å²) in [6.07, 6.45) is 0. The summed E-state index contributed by atoms with van der Waals surface area (Å²) in [5.74, 6) is 0.743. The average molecular weight is 308 g/mol. The van der Waals surface area contributed by atoms with Gasteiger partial charge in [-0.1, -0.05) is 60.7 Å². The fourth-order valence-corrected chi connectivity index (χ4v) is 2.40. The highest BCUT2D eigenvalue weighted by Gasteiger charge is 2.09. The number of methoxy groups -OCH3 is 1. The maximum atomic E-state index is 5.74. The lowest BCUT2D eigenvalue weighted by atomic mass is 10.2. The smallest absolute Gasteiger partial charge is 0.212 e. The third-order valence-corrected chi connectivity index (χ3v) is 3.54. The van der Waals surface area contributed by atoms with E-state index in [9.17, 15) is 0 Å². The molecule has 118 valence electrons. The zero-order valence-electron chi connectivity index (χ0n) is 13.2. The minimum atomic E-state index is 0.465. The van der Waals surface area contributed by atoms with Crippen LogP contribution in [0.4, 0.5) is 0 Å². The number of hydrogen-bond donors (Lipinski definition) is 0. The normalized spacial score (nSPS) is 10.7. The molecular formula is C19H20N2O2. The van der Waals surface area contributed by atoms with Gasteiger partial charge in [0.1, 0.15) is 0 Å². The number of hydrogen-bond acceptors (Lipinski definition) is 3. The van der Waals surface area contributed by atoms with Crippen molar-refractivity contribution >= 4 is 0 Å². The van der Waals surface area contributed by atoms with Gasteiger partial charge in [0, 0.05) is 6.07 Å². The minimum Gasteiger partial charge on any atom is -0.481 e. The molecular weight excluding hydrogens is 288 g/mol. The Morgan fingerprint density at radius 3 is 2.17 bits per heavy atom. The number of nitrogens with zero attached hydrogens (tertiary/aromatic N) is 2. The third-order valence-electron chi connectivity index (χ3n) is 3.54. The van der Waals surface area contributed by atoms with Crippen LogP contribution in [0.5, 0.6) is 5.88 Å². The Morgan fingerprint density at radius 2 is 1.52 bits per heavy atom. The van der Waals surface area contributed by atoms with Gasteiger partial charge in [-0.3, -0.25) is 0 Å². The molecule has 0 amide bonds. The van der Waals surface area contributed by atoms with Gasteiger partial charge < -0.3 is 9.47 Å². The van der Waals surface area contributed by atoms with Gasteiger partial charge in [-0.05, 0) is 11.1 Å². The lowest BCUT2D eigenvalue weighted by Crippen LogP contribution is -2.04. The molecule has 0 aliphatic heterocycles. The summed E-state index contributed by atoms with van der Waals surface area (Å²) in [7, 11) is 1.66. The molecule has 3 rings (SSSR count). The second-order valence-corrected chi connectivity index (χ2v) is 5.30. The molecule has 0 atom stereocenters. The number of ether oxygens (including phenoxy) is 2. The maximum Gasteiger partial charge on any atom is 0.212 e. The molecule has 0 unspecified atom stereocenters. The van der Waals surface area contributed by atoms with E-state index in [1.165, 1.54) is 5.56 Å². The molecule has 4 nitrogen and oxygen atoms in total. The molecule has 0 bridgehead atoms. The summed E-state index contributed by atoms with van der Waals surface area (Å²) < 4.78 is 13.0. The van der Waals surface area contributed by atoms with Crippen molar-refractivity contribution in [1.82, 2.24) is 9.78 Å². The lowest BCUT2D eigenvalue weighted by Gasteiger charge is -2.05. The highest BCUT2D eigenvalue weighted by atomic mass is 16.5. The summed E-state index contributed by atoms with van der Waals surface area (Å²) in [6, 6.07) is 22.2. The highest BCUT2D eigenvalue weighted by molar-refractivity contribution is 5.20. The van der Waals surface area contributed by atoms with E-state index in [2.05, 4.69) is 29.4 Å². The molecule has 23 heavy (non-hydrogen) atoms. The van der Waals surface area contributed by atoms with E-state index in [0.29, 0.717) is 19.8 Å². The Labute approximate surface area is 136 Å². The van der Waals surface area contributed by atoms with E-state index >= 15 is 0 Å². The van der Waals surface area contributed by atoms with Crippen LogP contribution in [0.2, 0.25) is 0 Å². The van der Waals surface area contributed by atoms with Gasteiger partial charge in [-0.15, -0.1) is 0 Å². The first-order valence-electron chi connectivity index (χ1n) is 7.61. The van der Waals surface area contributed by atoms with Crippen LogP contribution in [0.15, 0.2) is 66.7 Å². The summed E-state index contributed by atoms with van der Waals surface area (Å²) in [4.78, 5) is 0.